The van der Waals surface area contributed by atoms with Crippen LogP contribution in [-0.4, -0.2) is 23.1 Å². The number of nitrogens with two attached hydrogens (primary N) is 1. The van der Waals surface area contributed by atoms with E-state index < -0.39 is 0 Å². The molecule has 1 aromatic rings. The lowest BCUT2D eigenvalue weighted by atomic mass is 10.2. The Labute approximate surface area is 103 Å². The summed E-state index contributed by atoms with van der Waals surface area (Å²) in [4.78, 5) is 11.0. The van der Waals surface area contributed by atoms with Crippen molar-refractivity contribution in [3.63, 3.8) is 0 Å². The number of nitrogens with one attached hydrogen (secondary N) is 1. The molecule has 17 heavy (non-hydrogen) atoms. The predicted octanol–water partition coefficient (Wildman–Crippen LogP) is 1.95. The zero-order chi connectivity index (χ0) is 12.8. The minimum Gasteiger partial charge on any atom is -0.357 e. The molecule has 0 spiro atoms. The van der Waals surface area contributed by atoms with Crippen LogP contribution in [0.25, 0.3) is 0 Å². The van der Waals surface area contributed by atoms with Gasteiger partial charge in [-0.25, -0.2) is 15.8 Å². The number of aryl methyl sites for hydroxylation is 1. The van der Waals surface area contributed by atoms with Crippen molar-refractivity contribution < 1.29 is 0 Å². The Morgan fingerprint density at radius 1 is 1.41 bits per heavy atom. The molecule has 1 unspecified atom stereocenters. The molecule has 5 heteroatoms. The number of hydrazine groups is 1. The van der Waals surface area contributed by atoms with Crippen LogP contribution in [0.4, 0.5) is 11.6 Å². The Morgan fingerprint density at radius 3 is 2.65 bits per heavy atom. The van der Waals surface area contributed by atoms with Gasteiger partial charge in [0.25, 0.3) is 0 Å². The Kier molecular flexibility index (Phi) is 5.15. The molecule has 0 saturated heterocycles. The standard InChI is InChI=1S/C12H23N5/c1-5-7-10-14-11(16-13)8-12(15-10)17(4)9(3)6-2/h8-9H,5-7,13H2,1-4H3,(H,14,15,16). The highest BCUT2D eigenvalue weighted by atomic mass is 15.3. The van der Waals surface area contributed by atoms with Gasteiger partial charge in [-0.2, -0.15) is 0 Å². The molecule has 0 saturated carbocycles. The van der Waals surface area contributed by atoms with Crippen LogP contribution in [0.1, 0.15) is 39.4 Å². The Hall–Kier alpha value is -1.36. The Morgan fingerprint density at radius 2 is 2.12 bits per heavy atom. The molecule has 3 N–H and O–H groups in total. The first kappa shape index (κ1) is 13.7. The number of anilines is 2. The van der Waals surface area contributed by atoms with Crippen LogP contribution in [0.3, 0.4) is 0 Å². The zero-order valence-electron chi connectivity index (χ0n) is 11.2. The van der Waals surface area contributed by atoms with E-state index in [0.717, 1.165) is 30.9 Å². The van der Waals surface area contributed by atoms with Crippen LogP contribution in [0, 0.1) is 0 Å². The molecule has 0 radical (unpaired) electrons. The molecule has 0 fully saturated rings. The van der Waals surface area contributed by atoms with E-state index in [1.165, 1.54) is 0 Å². The molecule has 1 rings (SSSR count). The largest absolute Gasteiger partial charge is 0.357 e. The lowest BCUT2D eigenvalue weighted by molar-refractivity contribution is 0.653. The molecule has 1 atom stereocenters. The van der Waals surface area contributed by atoms with E-state index in [-0.39, 0.29) is 0 Å². The minimum absolute atomic E-state index is 0.449. The van der Waals surface area contributed by atoms with E-state index in [1.807, 2.05) is 13.1 Å². The summed E-state index contributed by atoms with van der Waals surface area (Å²) in [5.74, 6) is 7.87. The van der Waals surface area contributed by atoms with Crippen molar-refractivity contribution in [3.8, 4) is 0 Å². The molecule has 0 aliphatic rings. The summed E-state index contributed by atoms with van der Waals surface area (Å²) < 4.78 is 0. The van der Waals surface area contributed by atoms with Crippen LogP contribution < -0.4 is 16.2 Å². The monoisotopic (exact) mass is 237 g/mol. The van der Waals surface area contributed by atoms with E-state index >= 15 is 0 Å². The SMILES string of the molecule is CCCc1nc(NN)cc(N(C)C(C)CC)n1. The lowest BCUT2D eigenvalue weighted by Crippen LogP contribution is -2.29. The highest BCUT2D eigenvalue weighted by molar-refractivity contribution is 5.48. The summed E-state index contributed by atoms with van der Waals surface area (Å²) in [7, 11) is 2.05. The average molecular weight is 237 g/mol. The molecule has 0 bridgehead atoms. The zero-order valence-corrected chi connectivity index (χ0v) is 11.2. The van der Waals surface area contributed by atoms with Crippen LogP contribution >= 0.6 is 0 Å². The van der Waals surface area contributed by atoms with E-state index in [1.54, 1.807) is 0 Å². The van der Waals surface area contributed by atoms with E-state index in [9.17, 15) is 0 Å². The maximum atomic E-state index is 5.43. The molecule has 1 heterocycles. The number of nitrogen functional groups attached to an aromatic ring is 1. The van der Waals surface area contributed by atoms with Gasteiger partial charge in [-0.1, -0.05) is 13.8 Å². The van der Waals surface area contributed by atoms with Gasteiger partial charge in [0, 0.05) is 25.6 Å². The summed E-state index contributed by atoms with van der Waals surface area (Å²) >= 11 is 0. The van der Waals surface area contributed by atoms with Gasteiger partial charge in [0.05, 0.1) is 0 Å². The number of hydrogen-bond donors (Lipinski definition) is 2. The summed E-state index contributed by atoms with van der Waals surface area (Å²) in [6.45, 7) is 6.46. The van der Waals surface area contributed by atoms with Crippen LogP contribution in [0.5, 0.6) is 0 Å². The van der Waals surface area contributed by atoms with E-state index in [4.69, 9.17) is 5.84 Å². The highest BCUT2D eigenvalue weighted by Gasteiger charge is 2.12. The fourth-order valence-electron chi connectivity index (χ4n) is 1.57. The smallest absolute Gasteiger partial charge is 0.145 e. The number of rotatable bonds is 6. The normalized spacial score (nSPS) is 12.3. The molecule has 0 aliphatic heterocycles. The molecule has 0 aromatic carbocycles. The average Bonchev–Trinajstić information content (AvgIpc) is 2.36. The van der Waals surface area contributed by atoms with Gasteiger partial charge in [-0.05, 0) is 19.8 Å². The van der Waals surface area contributed by atoms with Crippen molar-refractivity contribution in [1.82, 2.24) is 9.97 Å². The van der Waals surface area contributed by atoms with Gasteiger partial charge in [0.2, 0.25) is 0 Å². The van der Waals surface area contributed by atoms with Crippen molar-refractivity contribution >= 4 is 11.6 Å². The van der Waals surface area contributed by atoms with Crippen molar-refractivity contribution in [1.29, 1.82) is 0 Å². The third kappa shape index (κ3) is 3.56. The molecule has 96 valence electrons. The van der Waals surface area contributed by atoms with E-state index in [0.29, 0.717) is 11.9 Å². The van der Waals surface area contributed by atoms with Gasteiger partial charge in [0.15, 0.2) is 0 Å². The summed E-state index contributed by atoms with van der Waals surface area (Å²) in [6.07, 6.45) is 2.98. The van der Waals surface area contributed by atoms with Gasteiger partial charge in [-0.3, -0.25) is 0 Å². The summed E-state index contributed by atoms with van der Waals surface area (Å²) in [5, 5.41) is 0. The molecule has 1 aromatic heterocycles. The van der Waals surface area contributed by atoms with Gasteiger partial charge >= 0.3 is 0 Å². The molecule has 0 amide bonds. The fourth-order valence-corrected chi connectivity index (χ4v) is 1.57. The number of aromatic nitrogens is 2. The Balaban J connectivity index is 3.01. The highest BCUT2D eigenvalue weighted by Crippen LogP contribution is 2.18. The molecular weight excluding hydrogens is 214 g/mol. The van der Waals surface area contributed by atoms with Crippen LogP contribution in [0.2, 0.25) is 0 Å². The first-order valence-corrected chi connectivity index (χ1v) is 6.19. The topological polar surface area (TPSA) is 67.1 Å². The van der Waals surface area contributed by atoms with Crippen LogP contribution in [0.15, 0.2) is 6.07 Å². The fraction of sp³-hybridized carbons (Fsp3) is 0.667. The van der Waals surface area contributed by atoms with Crippen molar-refractivity contribution in [2.75, 3.05) is 17.4 Å². The second kappa shape index (κ2) is 6.39. The lowest BCUT2D eigenvalue weighted by Gasteiger charge is -2.25. The Bertz CT molecular complexity index is 353. The van der Waals surface area contributed by atoms with Crippen molar-refractivity contribution in [3.05, 3.63) is 11.9 Å². The maximum Gasteiger partial charge on any atom is 0.145 e. The predicted molar refractivity (Wildman–Crippen MR) is 72.0 cm³/mol. The van der Waals surface area contributed by atoms with Gasteiger partial charge < -0.3 is 10.3 Å². The minimum atomic E-state index is 0.449. The summed E-state index contributed by atoms with van der Waals surface area (Å²) in [6, 6.07) is 2.33. The number of nitrogens with zero attached hydrogens (tertiary/aromatic N) is 3. The van der Waals surface area contributed by atoms with Gasteiger partial charge in [-0.15, -0.1) is 0 Å². The summed E-state index contributed by atoms with van der Waals surface area (Å²) in [5.41, 5.74) is 2.60. The molecule has 0 aliphatic carbocycles. The second-order valence-corrected chi connectivity index (χ2v) is 4.29. The maximum absolute atomic E-state index is 5.43. The van der Waals surface area contributed by atoms with Crippen molar-refractivity contribution in [2.45, 2.75) is 46.1 Å². The number of hydrogen-bond acceptors (Lipinski definition) is 5. The van der Waals surface area contributed by atoms with Crippen molar-refractivity contribution in [2.24, 2.45) is 5.84 Å². The second-order valence-electron chi connectivity index (χ2n) is 4.29. The third-order valence-electron chi connectivity index (χ3n) is 2.99. The molecular formula is C12H23N5. The third-order valence-corrected chi connectivity index (χ3v) is 2.99. The first-order chi connectivity index (χ1) is 8.12. The van der Waals surface area contributed by atoms with Crippen LogP contribution in [-0.2, 0) is 6.42 Å². The first-order valence-electron chi connectivity index (χ1n) is 6.19. The quantitative estimate of drug-likeness (QED) is 0.584. The molecule has 5 nitrogen and oxygen atoms in total. The van der Waals surface area contributed by atoms with Gasteiger partial charge in [0.1, 0.15) is 17.5 Å². The van der Waals surface area contributed by atoms with E-state index in [2.05, 4.69) is 41.1 Å².